The number of carboxylic acid groups (broad SMARTS) is 2. The molecule has 2 amide bonds. The Morgan fingerprint density at radius 3 is 1.10 bits per heavy atom. The van der Waals surface area contributed by atoms with Crippen LogP contribution in [-0.4, -0.2) is 152 Å². The zero-order chi connectivity index (χ0) is 105. The van der Waals surface area contributed by atoms with Gasteiger partial charge >= 0.3 is 38.4 Å². The number of fused-ring (bicyclic) bond motifs is 3. The van der Waals surface area contributed by atoms with E-state index in [-0.39, 0.29) is 11.7 Å². The summed E-state index contributed by atoms with van der Waals surface area (Å²) in [6.07, 6.45) is 20.0. The van der Waals surface area contributed by atoms with E-state index >= 15 is 0 Å². The molecule has 10 N–H and O–H groups in total. The number of amides is 2. The summed E-state index contributed by atoms with van der Waals surface area (Å²) < 4.78 is 23.9. The Bertz CT molecular complexity index is 6800. The van der Waals surface area contributed by atoms with E-state index in [2.05, 4.69) is 291 Å². The number of anilines is 3. The number of aliphatic carboxylic acids is 1. The Hall–Kier alpha value is -13.1. The molecule has 0 aliphatic carbocycles. The third-order valence-electron chi connectivity index (χ3n) is 18.1. The summed E-state index contributed by atoms with van der Waals surface area (Å²) in [7, 11) is -2.68. The average Bonchev–Trinajstić information content (AvgIpc) is 1.64. The number of rotatable bonds is 13. The highest BCUT2D eigenvalue weighted by molar-refractivity contribution is 15.0. The SMILES string of the molecule is CC(=O)O.CC(C)(C)OC(=O)Nc1cc(-c2ccccc2)ccn1.CC(C)(C)OC(=O)Nc1cc(I)ccn1.CCOC(C)=O.II.Ic1cnc2cc(-c3ccccc3)ccn12.Nc1cc(-c2ccccc2)ccn1.O=C(O)c1cc(I)ccn1.O=CCBr.OB(O)c1ccccc1.OB(O)c1ccccc1.c1ccc(-c2ccn3c(-c4ccccc4)cnc3c2)cc1.c1ccc(-c2ccn3ccnc3c2)cc1. The van der Waals surface area contributed by atoms with E-state index < -0.39 is 49.6 Å². The number of halogens is 6. The van der Waals surface area contributed by atoms with E-state index in [0.29, 0.717) is 40.3 Å². The number of nitrogen functional groups attached to an aromatic ring is 1. The molecule has 28 nitrogen and oxygen atoms in total. The second kappa shape index (κ2) is 66.0. The number of nitrogens with two attached hydrogens (primary N) is 1. The van der Waals surface area contributed by atoms with Crippen LogP contribution in [0.15, 0.2) is 396 Å². The van der Waals surface area contributed by atoms with Crippen LogP contribution in [0.3, 0.4) is 0 Å². The molecule has 0 unspecified atom stereocenters. The second-order valence-corrected chi connectivity index (χ2v) is 35.6. The maximum absolute atomic E-state index is 11.7. The normalized spacial score (nSPS) is 9.94. The molecular formula is C108H107B2BrI5N13O15. The summed E-state index contributed by atoms with van der Waals surface area (Å²) in [6.45, 7) is 15.6. The number of carbonyl (C=O) groups is 6. The number of pyridine rings is 7. The fourth-order valence-corrected chi connectivity index (χ4v) is 13.4. The van der Waals surface area contributed by atoms with Gasteiger partial charge in [0.25, 0.3) is 5.97 Å². The largest absolute Gasteiger partial charge is 0.488 e. The molecule has 36 heteroatoms. The van der Waals surface area contributed by atoms with Crippen LogP contribution >= 0.6 is 121 Å². The van der Waals surface area contributed by atoms with Crippen LogP contribution in [0, 0.1) is 10.8 Å². The molecular weight excluding hydrogens is 2460 g/mol. The average molecular weight is 2560 g/mol. The van der Waals surface area contributed by atoms with Gasteiger partial charge in [0, 0.05) is 120 Å². The first-order valence-electron chi connectivity index (χ1n) is 43.9. The van der Waals surface area contributed by atoms with Crippen molar-refractivity contribution in [2.75, 3.05) is 28.3 Å². The molecule has 144 heavy (non-hydrogen) atoms. The van der Waals surface area contributed by atoms with Gasteiger partial charge in [-0.05, 0) is 268 Å². The summed E-state index contributed by atoms with van der Waals surface area (Å²) >= 11 is 13.6. The van der Waals surface area contributed by atoms with E-state index in [9.17, 15) is 19.2 Å². The Morgan fingerprint density at radius 2 is 0.743 bits per heavy atom. The third-order valence-corrected chi connectivity index (χ3v) is 20.5. The number of carboxylic acids is 2. The molecule has 0 fully saturated rings. The summed E-state index contributed by atoms with van der Waals surface area (Å²) in [5, 5.41) is 55.8. The number of benzene rings is 8. The van der Waals surface area contributed by atoms with Crippen LogP contribution in [0.2, 0.25) is 0 Å². The Kier molecular flexibility index (Phi) is 54.8. The fraction of sp³-hybridized carbons (Fsp3) is 0.120. The summed E-state index contributed by atoms with van der Waals surface area (Å²) in [4.78, 5) is 90.2. The molecule has 742 valence electrons. The first-order chi connectivity index (χ1) is 69.1. The first kappa shape index (κ1) is 120. The number of esters is 1. The van der Waals surface area contributed by atoms with Crippen molar-refractivity contribution in [2.45, 2.75) is 73.5 Å². The Balaban J connectivity index is 0.000000246. The van der Waals surface area contributed by atoms with Gasteiger partial charge in [0.15, 0.2) is 0 Å². The number of hydrogen-bond acceptors (Lipinski definition) is 21. The number of imidazole rings is 3. The third kappa shape index (κ3) is 47.0. The summed E-state index contributed by atoms with van der Waals surface area (Å²) in [5.74, 6) is -0.505. The van der Waals surface area contributed by atoms with Crippen LogP contribution in [-0.2, 0) is 28.6 Å². The molecule has 0 spiro atoms. The smallest absolute Gasteiger partial charge is 0.481 e. The minimum Gasteiger partial charge on any atom is -0.481 e. The van der Waals surface area contributed by atoms with Gasteiger partial charge in [-0.1, -0.05) is 259 Å². The van der Waals surface area contributed by atoms with Gasteiger partial charge in [-0.15, -0.1) is 0 Å². The number of carbonyl (C=O) groups excluding carboxylic acids is 4. The van der Waals surface area contributed by atoms with Gasteiger partial charge < -0.3 is 59.4 Å². The predicted molar refractivity (Wildman–Crippen MR) is 620 cm³/mol. The topological polar surface area (TPSA) is 405 Å². The van der Waals surface area contributed by atoms with Gasteiger partial charge in [-0.25, -0.2) is 49.3 Å². The number of aldehydes is 1. The minimum absolute atomic E-state index is 0.0897. The van der Waals surface area contributed by atoms with Crippen molar-refractivity contribution in [2.24, 2.45) is 0 Å². The maximum atomic E-state index is 11.7. The summed E-state index contributed by atoms with van der Waals surface area (Å²) in [5.41, 5.74) is 22.5. The number of aromatic nitrogens is 10. The van der Waals surface area contributed by atoms with Crippen molar-refractivity contribution in [3.05, 3.63) is 412 Å². The van der Waals surface area contributed by atoms with Crippen molar-refractivity contribution in [3.63, 3.8) is 0 Å². The monoisotopic (exact) mass is 2560 g/mol. The lowest BCUT2D eigenvalue weighted by Crippen LogP contribution is -2.29. The van der Waals surface area contributed by atoms with Gasteiger partial charge in [0.05, 0.1) is 30.0 Å². The quantitative estimate of drug-likeness (QED) is 0.0129. The highest BCUT2D eigenvalue weighted by atomic mass is 128. The molecule has 10 aromatic heterocycles. The Labute approximate surface area is 910 Å². The molecule has 18 aromatic rings. The van der Waals surface area contributed by atoms with E-state index in [1.54, 1.807) is 86.2 Å². The summed E-state index contributed by atoms with van der Waals surface area (Å²) in [6, 6.07) is 106. The fourth-order valence-electron chi connectivity index (χ4n) is 11.9. The van der Waals surface area contributed by atoms with Crippen LogP contribution < -0.4 is 27.3 Å². The maximum Gasteiger partial charge on any atom is 0.488 e. The lowest BCUT2D eigenvalue weighted by atomic mass is 9.81. The van der Waals surface area contributed by atoms with Gasteiger partial charge in [-0.2, -0.15) is 0 Å². The molecule has 0 radical (unpaired) electrons. The van der Waals surface area contributed by atoms with Crippen LogP contribution in [0.4, 0.5) is 27.0 Å². The van der Waals surface area contributed by atoms with E-state index in [0.717, 1.165) is 68.9 Å². The number of aromatic carboxylic acids is 1. The number of ether oxygens (including phenoxy) is 3. The highest BCUT2D eigenvalue weighted by Crippen LogP contribution is 2.28. The van der Waals surface area contributed by atoms with E-state index in [1.807, 2.05) is 239 Å². The molecule has 18 rings (SSSR count). The van der Waals surface area contributed by atoms with Crippen molar-refractivity contribution < 1.29 is 73.3 Å². The number of hydrogen-bond donors (Lipinski definition) is 9. The van der Waals surface area contributed by atoms with Gasteiger partial charge in [-0.3, -0.25) is 29.0 Å². The molecule has 0 aliphatic rings. The zero-order valence-electron chi connectivity index (χ0n) is 79.8. The number of alkyl halides is 1. The molecule has 8 aromatic carbocycles. The number of nitrogens with one attached hydrogen (secondary N) is 2. The van der Waals surface area contributed by atoms with Gasteiger partial charge in [0.2, 0.25) is 0 Å². The zero-order valence-corrected chi connectivity index (χ0v) is 92.2. The first-order valence-corrected chi connectivity index (χ1v) is 54.5. The lowest BCUT2D eigenvalue weighted by Gasteiger charge is -2.19. The van der Waals surface area contributed by atoms with Crippen molar-refractivity contribution >= 4 is 217 Å². The second-order valence-electron chi connectivity index (χ2n) is 31.3. The standard InChI is InChI=1S/C19H14N2.C16H18N2O2.C13H9IN2.C13H10N2.C11H10N2.C10H13IN2O2.2C6H7BO2.C6H4INO2.C4H8O2.C2H3BrO.C2H4O2.I2/c1-3-7-15(8-4-1)17-11-12-21-18(14-20-19(21)13-17)16-9-5-2-6-10-16;1-16(2,3)20-15(19)18-14-11-13(9-10-17-14)12-7-5-4-6-8-12;14-12-9-15-13-8-11(6-7-16(12)13)10-4-2-1-3-5-10;1-2-4-11(5-3-1)12-6-8-15-9-7-14-13(15)10-12;12-11-8-10(6-7-13-11)9-4-2-1-3-5-9;1-10(2,3)15-9(14)13-8-6-7(11)4-5-12-8;2*8-7(9)6-4-2-1-3-5-6;7-4-1-2-8-5(3-4)6(9)10;1-3-6-4(2)5;3-1-2-4;1-2(3)4;1-2/h1-14H;4-11H,1-3H3,(H,17,18,19);1-9H;1-10H;1-8H,(H2,12,13);4-6H,1-3H3,(H,12,13,14);2*1-5,8-9H;1-3H,(H,9,10);3H2,1-2H3;2H,1H2;1H3,(H,3,4);. The van der Waals surface area contributed by atoms with E-state index in [1.165, 1.54) is 58.1 Å². The lowest BCUT2D eigenvalue weighted by molar-refractivity contribution is -0.140. The Morgan fingerprint density at radius 1 is 0.403 bits per heavy atom. The van der Waals surface area contributed by atoms with Crippen molar-refractivity contribution in [1.82, 2.24) is 48.1 Å². The van der Waals surface area contributed by atoms with Gasteiger partial charge in [0.1, 0.15) is 61.3 Å². The molecule has 0 saturated heterocycles. The van der Waals surface area contributed by atoms with Crippen LogP contribution in [0.25, 0.3) is 83.8 Å². The predicted octanol–water partition coefficient (Wildman–Crippen LogP) is 23.9. The minimum atomic E-state index is -1.34. The molecule has 0 aliphatic heterocycles. The van der Waals surface area contributed by atoms with Crippen molar-refractivity contribution in [1.29, 1.82) is 0 Å². The van der Waals surface area contributed by atoms with Crippen molar-refractivity contribution in [3.8, 4) is 66.9 Å². The molecule has 0 bridgehead atoms. The van der Waals surface area contributed by atoms with E-state index in [4.69, 9.17) is 55.1 Å². The molecule has 10 heterocycles. The van der Waals surface area contributed by atoms with Crippen LogP contribution in [0.5, 0.6) is 0 Å². The molecule has 0 saturated carbocycles. The number of nitrogens with zero attached hydrogens (tertiary/aromatic N) is 10. The van der Waals surface area contributed by atoms with Crippen LogP contribution in [0.1, 0.15) is 72.8 Å². The highest BCUT2D eigenvalue weighted by Gasteiger charge is 2.19. The molecule has 0 atom stereocenters.